The highest BCUT2D eigenvalue weighted by Crippen LogP contribution is 2.25. The van der Waals surface area contributed by atoms with E-state index in [2.05, 4.69) is 20.4 Å². The zero-order valence-electron chi connectivity index (χ0n) is 19.6. The van der Waals surface area contributed by atoms with Crippen molar-refractivity contribution in [2.75, 3.05) is 44.2 Å². The van der Waals surface area contributed by atoms with Crippen molar-refractivity contribution in [1.82, 2.24) is 25.3 Å². The largest absolute Gasteiger partial charge is 0.443 e. The van der Waals surface area contributed by atoms with Gasteiger partial charge in [0.2, 0.25) is 11.7 Å². The molecule has 1 N–H and O–H groups in total. The van der Waals surface area contributed by atoms with Gasteiger partial charge in [0, 0.05) is 56.9 Å². The predicted molar refractivity (Wildman–Crippen MR) is 126 cm³/mol. The summed E-state index contributed by atoms with van der Waals surface area (Å²) in [6.45, 7) is 5.87. The van der Waals surface area contributed by atoms with Crippen LogP contribution in [0.15, 0.2) is 28.8 Å². The summed E-state index contributed by atoms with van der Waals surface area (Å²) in [5, 5.41) is 7.13. The number of hydrogen-bond acceptors (Lipinski definition) is 7. The molecule has 2 saturated heterocycles. The number of cyclic esters (lactones) is 1. The Bertz CT molecular complexity index is 995. The van der Waals surface area contributed by atoms with Crippen LogP contribution in [0.3, 0.4) is 0 Å². The summed E-state index contributed by atoms with van der Waals surface area (Å²) < 4.78 is 10.7. The van der Waals surface area contributed by atoms with Gasteiger partial charge in [-0.15, -0.1) is 0 Å². The van der Waals surface area contributed by atoms with Gasteiger partial charge in [0.15, 0.2) is 0 Å². The topological polar surface area (TPSA) is 104 Å². The number of anilines is 1. The van der Waals surface area contributed by atoms with Crippen molar-refractivity contribution in [1.29, 1.82) is 0 Å². The summed E-state index contributed by atoms with van der Waals surface area (Å²) in [7, 11) is 0. The van der Waals surface area contributed by atoms with Crippen molar-refractivity contribution in [3.05, 3.63) is 30.2 Å². The molecule has 1 atom stereocenters. The third-order valence-electron chi connectivity index (χ3n) is 6.89. The van der Waals surface area contributed by atoms with E-state index in [4.69, 9.17) is 9.26 Å². The van der Waals surface area contributed by atoms with Crippen molar-refractivity contribution >= 4 is 17.8 Å². The first-order valence-electron chi connectivity index (χ1n) is 12.2. The Hall–Kier alpha value is -3.14. The van der Waals surface area contributed by atoms with Crippen molar-refractivity contribution in [3.63, 3.8) is 0 Å². The van der Waals surface area contributed by atoms with Crippen molar-refractivity contribution in [2.45, 2.75) is 51.2 Å². The number of rotatable bonds is 5. The van der Waals surface area contributed by atoms with Crippen LogP contribution in [0.2, 0.25) is 0 Å². The molecule has 1 saturated carbocycles. The van der Waals surface area contributed by atoms with E-state index in [0.29, 0.717) is 43.9 Å². The van der Waals surface area contributed by atoms with Gasteiger partial charge < -0.3 is 19.5 Å². The van der Waals surface area contributed by atoms with Crippen molar-refractivity contribution < 1.29 is 18.8 Å². The summed E-state index contributed by atoms with van der Waals surface area (Å²) in [6.07, 6.45) is 5.34. The van der Waals surface area contributed by atoms with E-state index in [1.165, 1.54) is 19.3 Å². The first kappa shape index (κ1) is 22.6. The van der Waals surface area contributed by atoms with Crippen LogP contribution in [0.4, 0.5) is 15.3 Å². The summed E-state index contributed by atoms with van der Waals surface area (Å²) in [5.41, 5.74) is 1.61. The summed E-state index contributed by atoms with van der Waals surface area (Å²) in [6, 6.07) is 7.87. The average Bonchev–Trinajstić information content (AvgIpc) is 3.45. The van der Waals surface area contributed by atoms with Crippen molar-refractivity contribution in [3.8, 4) is 11.4 Å². The Balaban J connectivity index is 1.09. The molecule has 34 heavy (non-hydrogen) atoms. The lowest BCUT2D eigenvalue weighted by Crippen LogP contribution is -2.54. The fourth-order valence-electron chi connectivity index (χ4n) is 4.97. The monoisotopic (exact) mass is 468 g/mol. The molecule has 2 aliphatic heterocycles. The highest BCUT2D eigenvalue weighted by atomic mass is 16.6. The molecule has 1 aromatic heterocycles. The van der Waals surface area contributed by atoms with Crippen LogP contribution in [0.1, 0.15) is 38.0 Å². The SMILES string of the molecule is Cc1nc(-c2ccc(N3CC(CN4CCN(C(=O)NC5CCCCC5)CC4)OC3=O)cc2)no1. The predicted octanol–water partition coefficient (Wildman–Crippen LogP) is 3.03. The maximum absolute atomic E-state index is 12.6. The van der Waals surface area contributed by atoms with Gasteiger partial charge in [0.1, 0.15) is 6.10 Å². The number of carbonyl (C=O) groups excluding carboxylic acids is 2. The Morgan fingerprint density at radius 1 is 1.09 bits per heavy atom. The van der Waals surface area contributed by atoms with Gasteiger partial charge in [-0.1, -0.05) is 24.4 Å². The minimum Gasteiger partial charge on any atom is -0.443 e. The first-order chi connectivity index (χ1) is 16.5. The quantitative estimate of drug-likeness (QED) is 0.719. The number of hydrogen-bond donors (Lipinski definition) is 1. The number of ether oxygens (including phenoxy) is 1. The van der Waals surface area contributed by atoms with E-state index >= 15 is 0 Å². The second-order valence-electron chi connectivity index (χ2n) is 9.37. The number of nitrogens with one attached hydrogen (secondary N) is 1. The molecule has 0 bridgehead atoms. The lowest BCUT2D eigenvalue weighted by atomic mass is 9.96. The molecular weight excluding hydrogens is 436 g/mol. The second-order valence-corrected chi connectivity index (χ2v) is 9.37. The fraction of sp³-hybridized carbons (Fsp3) is 0.583. The van der Waals surface area contributed by atoms with Crippen LogP contribution >= 0.6 is 0 Å². The van der Waals surface area contributed by atoms with E-state index in [1.54, 1.807) is 11.8 Å². The molecule has 1 aromatic carbocycles. The van der Waals surface area contributed by atoms with Gasteiger partial charge in [0.25, 0.3) is 0 Å². The van der Waals surface area contributed by atoms with Gasteiger partial charge in [0.05, 0.1) is 6.54 Å². The van der Waals surface area contributed by atoms with Crippen LogP contribution in [-0.4, -0.2) is 83.5 Å². The molecule has 1 aliphatic carbocycles. The highest BCUT2D eigenvalue weighted by Gasteiger charge is 2.34. The minimum atomic E-state index is -0.335. The molecule has 2 aromatic rings. The van der Waals surface area contributed by atoms with Gasteiger partial charge in [-0.25, -0.2) is 9.59 Å². The van der Waals surface area contributed by atoms with Crippen LogP contribution in [0.25, 0.3) is 11.4 Å². The van der Waals surface area contributed by atoms with Gasteiger partial charge in [-0.3, -0.25) is 9.80 Å². The number of nitrogens with zero attached hydrogens (tertiary/aromatic N) is 5. The van der Waals surface area contributed by atoms with Crippen LogP contribution in [0.5, 0.6) is 0 Å². The second kappa shape index (κ2) is 10.0. The van der Waals surface area contributed by atoms with Gasteiger partial charge in [-0.2, -0.15) is 4.98 Å². The number of urea groups is 1. The third kappa shape index (κ3) is 5.16. The Morgan fingerprint density at radius 3 is 2.50 bits per heavy atom. The smallest absolute Gasteiger partial charge is 0.414 e. The molecule has 10 heteroatoms. The Morgan fingerprint density at radius 2 is 1.82 bits per heavy atom. The van der Waals surface area contributed by atoms with Gasteiger partial charge in [-0.05, 0) is 37.1 Å². The zero-order chi connectivity index (χ0) is 23.5. The number of amides is 3. The van der Waals surface area contributed by atoms with Gasteiger partial charge >= 0.3 is 12.1 Å². The maximum Gasteiger partial charge on any atom is 0.414 e. The van der Waals surface area contributed by atoms with Crippen LogP contribution < -0.4 is 10.2 Å². The molecule has 3 heterocycles. The molecule has 0 spiro atoms. The number of aryl methyl sites for hydroxylation is 1. The van der Waals surface area contributed by atoms with Crippen LogP contribution in [-0.2, 0) is 4.74 Å². The number of carbonyl (C=O) groups is 2. The number of piperazine rings is 1. The lowest BCUT2D eigenvalue weighted by Gasteiger charge is -2.36. The Kier molecular flexibility index (Phi) is 6.66. The highest BCUT2D eigenvalue weighted by molar-refractivity contribution is 5.90. The molecule has 1 unspecified atom stereocenters. The van der Waals surface area contributed by atoms with Crippen molar-refractivity contribution in [2.24, 2.45) is 0 Å². The molecule has 5 rings (SSSR count). The molecule has 3 amide bonds. The lowest BCUT2D eigenvalue weighted by molar-refractivity contribution is 0.0837. The van der Waals surface area contributed by atoms with E-state index in [1.807, 2.05) is 29.2 Å². The molecule has 0 radical (unpaired) electrons. The molecular formula is C24H32N6O4. The summed E-state index contributed by atoms with van der Waals surface area (Å²) >= 11 is 0. The summed E-state index contributed by atoms with van der Waals surface area (Å²) in [4.78, 5) is 35.1. The van der Waals surface area contributed by atoms with E-state index in [9.17, 15) is 9.59 Å². The fourth-order valence-corrected chi connectivity index (χ4v) is 4.97. The number of aromatic nitrogens is 2. The van der Waals surface area contributed by atoms with E-state index in [-0.39, 0.29) is 18.2 Å². The standard InChI is InChI=1S/C24H32N6O4/c1-17-25-22(27-34-17)18-7-9-20(10-8-18)30-16-21(33-24(30)32)15-28-11-13-29(14-12-28)23(31)26-19-5-3-2-4-6-19/h7-10,19,21H,2-6,11-16H2,1H3,(H,26,31). The van der Waals surface area contributed by atoms with E-state index < -0.39 is 0 Å². The Labute approximate surface area is 199 Å². The molecule has 3 aliphatic rings. The normalized spacial score (nSPS) is 22.1. The van der Waals surface area contributed by atoms with Crippen LogP contribution in [0, 0.1) is 6.92 Å². The molecule has 182 valence electrons. The maximum atomic E-state index is 12.6. The van der Waals surface area contributed by atoms with E-state index in [0.717, 1.165) is 37.2 Å². The number of benzene rings is 1. The molecule has 3 fully saturated rings. The average molecular weight is 469 g/mol. The first-order valence-corrected chi connectivity index (χ1v) is 12.2. The minimum absolute atomic E-state index is 0.0597. The third-order valence-corrected chi connectivity index (χ3v) is 6.89. The molecule has 10 nitrogen and oxygen atoms in total. The zero-order valence-corrected chi connectivity index (χ0v) is 19.6. The summed E-state index contributed by atoms with van der Waals surface area (Å²) in [5.74, 6) is 1.04.